The average Bonchev–Trinajstić information content (AvgIpc) is 2.46. The zero-order valence-electron chi connectivity index (χ0n) is 10.9. The van der Waals surface area contributed by atoms with Crippen molar-refractivity contribution in [1.29, 1.82) is 5.26 Å². The Labute approximate surface area is 112 Å². The highest BCUT2D eigenvalue weighted by molar-refractivity contribution is 5.61. The van der Waals surface area contributed by atoms with E-state index in [1.165, 1.54) is 0 Å². The Morgan fingerprint density at radius 1 is 1.32 bits per heavy atom. The van der Waals surface area contributed by atoms with Crippen molar-refractivity contribution in [1.82, 2.24) is 4.98 Å². The van der Waals surface area contributed by atoms with E-state index in [0.717, 1.165) is 17.1 Å². The van der Waals surface area contributed by atoms with Crippen molar-refractivity contribution in [2.24, 2.45) is 0 Å². The molecule has 0 aliphatic heterocycles. The number of nitrogens with zero attached hydrogens (tertiary/aromatic N) is 3. The van der Waals surface area contributed by atoms with Gasteiger partial charge in [0.05, 0.1) is 17.7 Å². The molecule has 0 aliphatic carbocycles. The van der Waals surface area contributed by atoms with Gasteiger partial charge in [0.2, 0.25) is 0 Å². The van der Waals surface area contributed by atoms with Crippen LogP contribution in [0.3, 0.4) is 0 Å². The van der Waals surface area contributed by atoms with Gasteiger partial charge in [-0.1, -0.05) is 6.07 Å². The molecule has 1 aromatic heterocycles. The molecule has 1 heterocycles. The molecular formula is C15H15N3O. The fourth-order valence-corrected chi connectivity index (χ4v) is 1.79. The SMILES string of the molecule is CC(O)c1ccnc(N(C)c2cccc(C#N)c2)c1. The van der Waals surface area contributed by atoms with E-state index in [0.29, 0.717) is 5.56 Å². The second kappa shape index (κ2) is 5.51. The smallest absolute Gasteiger partial charge is 0.133 e. The van der Waals surface area contributed by atoms with E-state index in [1.807, 2.05) is 30.1 Å². The van der Waals surface area contributed by atoms with Gasteiger partial charge in [0.1, 0.15) is 5.82 Å². The summed E-state index contributed by atoms with van der Waals surface area (Å²) in [5.74, 6) is 0.730. The summed E-state index contributed by atoms with van der Waals surface area (Å²) < 4.78 is 0. The van der Waals surface area contributed by atoms with Gasteiger partial charge in [-0.05, 0) is 42.8 Å². The van der Waals surface area contributed by atoms with Crippen molar-refractivity contribution < 1.29 is 5.11 Å². The van der Waals surface area contributed by atoms with Crippen LogP contribution in [0.5, 0.6) is 0 Å². The van der Waals surface area contributed by atoms with E-state index >= 15 is 0 Å². The Bertz CT molecular complexity index is 617. The fourth-order valence-electron chi connectivity index (χ4n) is 1.79. The molecule has 4 nitrogen and oxygen atoms in total. The average molecular weight is 253 g/mol. The number of hydrogen-bond donors (Lipinski definition) is 1. The predicted octanol–water partition coefficient (Wildman–Crippen LogP) is 2.77. The van der Waals surface area contributed by atoms with E-state index in [2.05, 4.69) is 11.1 Å². The molecule has 0 saturated heterocycles. The molecule has 19 heavy (non-hydrogen) atoms. The maximum Gasteiger partial charge on any atom is 0.133 e. The van der Waals surface area contributed by atoms with E-state index in [4.69, 9.17) is 5.26 Å². The summed E-state index contributed by atoms with van der Waals surface area (Å²) in [6, 6.07) is 13.1. The summed E-state index contributed by atoms with van der Waals surface area (Å²) in [5.41, 5.74) is 2.30. The monoisotopic (exact) mass is 253 g/mol. The maximum atomic E-state index is 9.59. The Hall–Kier alpha value is -2.38. The summed E-state index contributed by atoms with van der Waals surface area (Å²) in [4.78, 5) is 6.17. The topological polar surface area (TPSA) is 60.2 Å². The summed E-state index contributed by atoms with van der Waals surface area (Å²) in [5, 5.41) is 18.5. The van der Waals surface area contributed by atoms with Crippen molar-refractivity contribution in [2.75, 3.05) is 11.9 Å². The van der Waals surface area contributed by atoms with E-state index in [-0.39, 0.29) is 0 Å². The molecule has 0 amide bonds. The molecule has 0 spiro atoms. The summed E-state index contributed by atoms with van der Waals surface area (Å²) in [6.45, 7) is 1.72. The third kappa shape index (κ3) is 2.90. The molecule has 1 N–H and O–H groups in total. The van der Waals surface area contributed by atoms with Crippen molar-refractivity contribution in [3.63, 3.8) is 0 Å². The molecule has 4 heteroatoms. The first-order chi connectivity index (χ1) is 9.11. The Kier molecular flexibility index (Phi) is 3.79. The zero-order chi connectivity index (χ0) is 13.8. The van der Waals surface area contributed by atoms with Crippen molar-refractivity contribution in [3.05, 3.63) is 53.7 Å². The lowest BCUT2D eigenvalue weighted by Crippen LogP contribution is -2.11. The van der Waals surface area contributed by atoms with Crippen LogP contribution in [0.25, 0.3) is 0 Å². The Morgan fingerprint density at radius 2 is 2.11 bits per heavy atom. The molecule has 1 unspecified atom stereocenters. The lowest BCUT2D eigenvalue weighted by molar-refractivity contribution is 0.199. The number of aliphatic hydroxyl groups excluding tert-OH is 1. The van der Waals surface area contributed by atoms with Crippen LogP contribution in [0, 0.1) is 11.3 Å². The number of benzene rings is 1. The highest BCUT2D eigenvalue weighted by Gasteiger charge is 2.08. The number of aromatic nitrogens is 1. The second-order valence-electron chi connectivity index (χ2n) is 4.34. The van der Waals surface area contributed by atoms with Gasteiger partial charge >= 0.3 is 0 Å². The molecule has 1 atom stereocenters. The van der Waals surface area contributed by atoms with Crippen LogP contribution in [0.15, 0.2) is 42.6 Å². The highest BCUT2D eigenvalue weighted by atomic mass is 16.3. The third-order valence-electron chi connectivity index (χ3n) is 2.96. The van der Waals surface area contributed by atoms with Crippen molar-refractivity contribution in [2.45, 2.75) is 13.0 Å². The first kappa shape index (κ1) is 13.1. The lowest BCUT2D eigenvalue weighted by Gasteiger charge is -2.19. The minimum absolute atomic E-state index is 0.527. The lowest BCUT2D eigenvalue weighted by atomic mass is 10.1. The number of nitriles is 1. The van der Waals surface area contributed by atoms with E-state index in [1.54, 1.807) is 31.3 Å². The molecule has 0 aliphatic rings. The van der Waals surface area contributed by atoms with Gasteiger partial charge in [0, 0.05) is 18.9 Å². The number of rotatable bonds is 3. The van der Waals surface area contributed by atoms with Gasteiger partial charge in [-0.25, -0.2) is 4.98 Å². The van der Waals surface area contributed by atoms with E-state index in [9.17, 15) is 5.11 Å². The normalized spacial score (nSPS) is 11.7. The van der Waals surface area contributed by atoms with Crippen LogP contribution in [-0.4, -0.2) is 17.1 Å². The molecule has 0 fully saturated rings. The van der Waals surface area contributed by atoms with Crippen LogP contribution >= 0.6 is 0 Å². The number of pyridine rings is 1. The summed E-state index contributed by atoms with van der Waals surface area (Å²) >= 11 is 0. The van der Waals surface area contributed by atoms with Crippen molar-refractivity contribution in [3.8, 4) is 6.07 Å². The number of aliphatic hydroxyl groups is 1. The molecular weight excluding hydrogens is 238 g/mol. The molecule has 1 aromatic carbocycles. The number of anilines is 2. The van der Waals surface area contributed by atoms with Gasteiger partial charge in [0.15, 0.2) is 0 Å². The van der Waals surface area contributed by atoms with E-state index < -0.39 is 6.10 Å². The number of hydrogen-bond acceptors (Lipinski definition) is 4. The first-order valence-electron chi connectivity index (χ1n) is 5.99. The van der Waals surface area contributed by atoms with Crippen LogP contribution in [0.1, 0.15) is 24.2 Å². The Balaban J connectivity index is 2.35. The van der Waals surface area contributed by atoms with Crippen LogP contribution in [0.2, 0.25) is 0 Å². The maximum absolute atomic E-state index is 9.59. The van der Waals surface area contributed by atoms with Gasteiger partial charge in [0.25, 0.3) is 0 Å². The van der Waals surface area contributed by atoms with Gasteiger partial charge in [-0.15, -0.1) is 0 Å². The molecule has 2 rings (SSSR count). The molecule has 2 aromatic rings. The first-order valence-corrected chi connectivity index (χ1v) is 5.99. The minimum Gasteiger partial charge on any atom is -0.389 e. The Morgan fingerprint density at radius 3 is 2.79 bits per heavy atom. The molecule has 0 bridgehead atoms. The second-order valence-corrected chi connectivity index (χ2v) is 4.34. The quantitative estimate of drug-likeness (QED) is 0.913. The fraction of sp³-hybridized carbons (Fsp3) is 0.200. The largest absolute Gasteiger partial charge is 0.389 e. The van der Waals surface area contributed by atoms with Gasteiger partial charge < -0.3 is 10.0 Å². The highest BCUT2D eigenvalue weighted by Crippen LogP contribution is 2.24. The predicted molar refractivity (Wildman–Crippen MR) is 74.1 cm³/mol. The van der Waals surface area contributed by atoms with Crippen LogP contribution in [-0.2, 0) is 0 Å². The zero-order valence-corrected chi connectivity index (χ0v) is 10.9. The van der Waals surface area contributed by atoms with Crippen molar-refractivity contribution >= 4 is 11.5 Å². The van der Waals surface area contributed by atoms with Crippen LogP contribution in [0.4, 0.5) is 11.5 Å². The molecule has 0 saturated carbocycles. The standard InChI is InChI=1S/C15H15N3O/c1-11(19)13-6-7-17-15(9-13)18(2)14-5-3-4-12(8-14)10-16/h3-9,11,19H,1-2H3. The molecule has 96 valence electrons. The summed E-state index contributed by atoms with van der Waals surface area (Å²) in [7, 11) is 1.88. The van der Waals surface area contributed by atoms with Gasteiger partial charge in [-0.3, -0.25) is 0 Å². The van der Waals surface area contributed by atoms with Crippen LogP contribution < -0.4 is 4.90 Å². The minimum atomic E-state index is -0.527. The van der Waals surface area contributed by atoms with Gasteiger partial charge in [-0.2, -0.15) is 5.26 Å². The third-order valence-corrected chi connectivity index (χ3v) is 2.96. The molecule has 0 radical (unpaired) electrons. The summed E-state index contributed by atoms with van der Waals surface area (Å²) in [6.07, 6.45) is 1.14.